The zero-order valence-corrected chi connectivity index (χ0v) is 9.37. The second-order valence-corrected chi connectivity index (χ2v) is 4.51. The van der Waals surface area contributed by atoms with Crippen LogP contribution in [0.2, 0.25) is 0 Å². The van der Waals surface area contributed by atoms with Crippen molar-refractivity contribution in [1.29, 1.82) is 0 Å². The minimum absolute atomic E-state index is 0.528. The molecule has 1 saturated heterocycles. The Bertz CT molecular complexity index is 316. The van der Waals surface area contributed by atoms with Gasteiger partial charge in [-0.1, -0.05) is 29.8 Å². The molecule has 0 aromatic heterocycles. The fourth-order valence-electron chi connectivity index (χ4n) is 2.52. The third kappa shape index (κ3) is 2.39. The molecule has 0 amide bonds. The SMILES string of the molecule is Cc1cccc(C(CN)C2CCNC2)c1. The van der Waals surface area contributed by atoms with Crippen LogP contribution in [0, 0.1) is 12.8 Å². The second kappa shape index (κ2) is 4.77. The molecule has 1 aromatic carbocycles. The first-order chi connectivity index (χ1) is 7.31. The summed E-state index contributed by atoms with van der Waals surface area (Å²) in [4.78, 5) is 0. The van der Waals surface area contributed by atoms with E-state index in [1.807, 2.05) is 0 Å². The van der Waals surface area contributed by atoms with Gasteiger partial charge in [0.25, 0.3) is 0 Å². The van der Waals surface area contributed by atoms with Crippen LogP contribution in [0.4, 0.5) is 0 Å². The van der Waals surface area contributed by atoms with Crippen molar-refractivity contribution in [2.24, 2.45) is 11.7 Å². The largest absolute Gasteiger partial charge is 0.330 e. The number of hydrogen-bond acceptors (Lipinski definition) is 2. The summed E-state index contributed by atoms with van der Waals surface area (Å²) >= 11 is 0. The first-order valence-electron chi connectivity index (χ1n) is 5.78. The van der Waals surface area contributed by atoms with Crippen molar-refractivity contribution >= 4 is 0 Å². The van der Waals surface area contributed by atoms with E-state index >= 15 is 0 Å². The van der Waals surface area contributed by atoms with E-state index in [1.165, 1.54) is 17.5 Å². The first-order valence-corrected chi connectivity index (χ1v) is 5.78. The standard InChI is InChI=1S/C13H20N2/c1-10-3-2-4-11(7-10)13(8-14)12-5-6-15-9-12/h2-4,7,12-13,15H,5-6,8-9,14H2,1H3. The van der Waals surface area contributed by atoms with Crippen molar-refractivity contribution < 1.29 is 0 Å². The van der Waals surface area contributed by atoms with E-state index in [0.29, 0.717) is 5.92 Å². The lowest BCUT2D eigenvalue weighted by Crippen LogP contribution is -2.23. The Kier molecular flexibility index (Phi) is 3.39. The molecule has 2 unspecified atom stereocenters. The molecule has 3 N–H and O–H groups in total. The molecule has 1 aromatic rings. The molecule has 15 heavy (non-hydrogen) atoms. The quantitative estimate of drug-likeness (QED) is 0.785. The van der Waals surface area contributed by atoms with E-state index in [-0.39, 0.29) is 0 Å². The minimum atomic E-state index is 0.528. The van der Waals surface area contributed by atoms with Crippen molar-refractivity contribution in [2.45, 2.75) is 19.3 Å². The lowest BCUT2D eigenvalue weighted by Gasteiger charge is -2.22. The van der Waals surface area contributed by atoms with Gasteiger partial charge in [0.1, 0.15) is 0 Å². The molecule has 1 heterocycles. The van der Waals surface area contributed by atoms with Gasteiger partial charge in [-0.05, 0) is 44.5 Å². The highest BCUT2D eigenvalue weighted by atomic mass is 14.9. The van der Waals surface area contributed by atoms with Gasteiger partial charge in [-0.2, -0.15) is 0 Å². The van der Waals surface area contributed by atoms with E-state index in [9.17, 15) is 0 Å². The molecule has 1 aliphatic heterocycles. The topological polar surface area (TPSA) is 38.0 Å². The van der Waals surface area contributed by atoms with Crippen molar-refractivity contribution in [2.75, 3.05) is 19.6 Å². The maximum Gasteiger partial charge on any atom is 0.000212 e. The highest BCUT2D eigenvalue weighted by molar-refractivity contribution is 5.26. The summed E-state index contributed by atoms with van der Waals surface area (Å²) in [6.45, 7) is 5.17. The highest BCUT2D eigenvalue weighted by Crippen LogP contribution is 2.28. The summed E-state index contributed by atoms with van der Waals surface area (Å²) in [5.41, 5.74) is 8.65. The van der Waals surface area contributed by atoms with Gasteiger partial charge in [-0.15, -0.1) is 0 Å². The number of aryl methyl sites for hydroxylation is 1. The lowest BCUT2D eigenvalue weighted by atomic mass is 9.85. The summed E-state index contributed by atoms with van der Waals surface area (Å²) in [7, 11) is 0. The van der Waals surface area contributed by atoms with Crippen LogP contribution in [-0.4, -0.2) is 19.6 Å². The van der Waals surface area contributed by atoms with Crippen molar-refractivity contribution in [3.8, 4) is 0 Å². The molecular weight excluding hydrogens is 184 g/mol. The summed E-state index contributed by atoms with van der Waals surface area (Å²) in [5.74, 6) is 1.25. The fraction of sp³-hybridized carbons (Fsp3) is 0.538. The number of nitrogens with two attached hydrogens (primary N) is 1. The van der Waals surface area contributed by atoms with Crippen LogP contribution in [0.5, 0.6) is 0 Å². The van der Waals surface area contributed by atoms with Gasteiger partial charge in [-0.3, -0.25) is 0 Å². The maximum absolute atomic E-state index is 5.91. The molecule has 2 nitrogen and oxygen atoms in total. The number of nitrogens with one attached hydrogen (secondary N) is 1. The van der Waals surface area contributed by atoms with Gasteiger partial charge < -0.3 is 11.1 Å². The van der Waals surface area contributed by atoms with Crippen molar-refractivity contribution in [1.82, 2.24) is 5.32 Å². The summed E-state index contributed by atoms with van der Waals surface area (Å²) in [6, 6.07) is 8.76. The molecule has 0 bridgehead atoms. The zero-order valence-electron chi connectivity index (χ0n) is 9.37. The Morgan fingerprint density at radius 3 is 3.00 bits per heavy atom. The molecule has 0 aliphatic carbocycles. The average molecular weight is 204 g/mol. The van der Waals surface area contributed by atoms with E-state index < -0.39 is 0 Å². The van der Waals surface area contributed by atoms with E-state index in [4.69, 9.17) is 5.73 Å². The normalized spacial score (nSPS) is 22.9. The van der Waals surface area contributed by atoms with Gasteiger partial charge in [0.05, 0.1) is 0 Å². The summed E-state index contributed by atoms with van der Waals surface area (Å²) in [5, 5.41) is 3.42. The molecular formula is C13H20N2. The Labute approximate surface area is 91.9 Å². The fourth-order valence-corrected chi connectivity index (χ4v) is 2.52. The van der Waals surface area contributed by atoms with Crippen LogP contribution < -0.4 is 11.1 Å². The smallest absolute Gasteiger partial charge is 0.000212 e. The van der Waals surface area contributed by atoms with Gasteiger partial charge in [-0.25, -0.2) is 0 Å². The predicted molar refractivity (Wildman–Crippen MR) is 64.0 cm³/mol. The molecule has 2 atom stereocenters. The third-order valence-electron chi connectivity index (χ3n) is 3.39. The monoisotopic (exact) mass is 204 g/mol. The molecule has 2 heteroatoms. The lowest BCUT2D eigenvalue weighted by molar-refractivity contribution is 0.464. The molecule has 0 spiro atoms. The van der Waals surface area contributed by atoms with Crippen LogP contribution in [0.3, 0.4) is 0 Å². The average Bonchev–Trinajstić information content (AvgIpc) is 2.72. The Hall–Kier alpha value is -0.860. The molecule has 82 valence electrons. The Balaban J connectivity index is 2.18. The molecule has 2 rings (SSSR count). The number of benzene rings is 1. The van der Waals surface area contributed by atoms with Gasteiger partial charge in [0, 0.05) is 5.92 Å². The Morgan fingerprint density at radius 1 is 1.53 bits per heavy atom. The van der Waals surface area contributed by atoms with Crippen molar-refractivity contribution in [3.05, 3.63) is 35.4 Å². The minimum Gasteiger partial charge on any atom is -0.330 e. The van der Waals surface area contributed by atoms with Crippen molar-refractivity contribution in [3.63, 3.8) is 0 Å². The van der Waals surface area contributed by atoms with E-state index in [1.54, 1.807) is 0 Å². The summed E-state index contributed by atoms with van der Waals surface area (Å²) in [6.07, 6.45) is 1.26. The molecule has 1 fully saturated rings. The first kappa shape index (κ1) is 10.7. The van der Waals surface area contributed by atoms with Gasteiger partial charge in [0.15, 0.2) is 0 Å². The van der Waals surface area contributed by atoms with E-state index in [2.05, 4.69) is 36.5 Å². The Morgan fingerprint density at radius 2 is 2.40 bits per heavy atom. The molecule has 0 radical (unpaired) electrons. The number of rotatable bonds is 3. The zero-order chi connectivity index (χ0) is 10.7. The van der Waals surface area contributed by atoms with Crippen LogP contribution in [0.25, 0.3) is 0 Å². The highest BCUT2D eigenvalue weighted by Gasteiger charge is 2.24. The second-order valence-electron chi connectivity index (χ2n) is 4.51. The van der Waals surface area contributed by atoms with Crippen LogP contribution >= 0.6 is 0 Å². The number of hydrogen-bond donors (Lipinski definition) is 2. The molecule has 1 aliphatic rings. The third-order valence-corrected chi connectivity index (χ3v) is 3.39. The maximum atomic E-state index is 5.91. The van der Waals surface area contributed by atoms with Crippen LogP contribution in [-0.2, 0) is 0 Å². The summed E-state index contributed by atoms with van der Waals surface area (Å²) < 4.78 is 0. The van der Waals surface area contributed by atoms with E-state index in [0.717, 1.165) is 25.6 Å². The molecule has 0 saturated carbocycles. The van der Waals surface area contributed by atoms with Crippen LogP contribution in [0.1, 0.15) is 23.5 Å². The van der Waals surface area contributed by atoms with Gasteiger partial charge in [0.2, 0.25) is 0 Å². The van der Waals surface area contributed by atoms with Crippen LogP contribution in [0.15, 0.2) is 24.3 Å². The predicted octanol–water partition coefficient (Wildman–Crippen LogP) is 1.65. The van der Waals surface area contributed by atoms with Gasteiger partial charge >= 0.3 is 0 Å².